The lowest BCUT2D eigenvalue weighted by Crippen LogP contribution is -2.45. The van der Waals surface area contributed by atoms with E-state index in [1.54, 1.807) is 12.3 Å². The zero-order chi connectivity index (χ0) is 11.2. The summed E-state index contributed by atoms with van der Waals surface area (Å²) >= 11 is 0. The van der Waals surface area contributed by atoms with Gasteiger partial charge in [-0.3, -0.25) is 5.43 Å². The second-order valence-corrected chi connectivity index (χ2v) is 3.91. The summed E-state index contributed by atoms with van der Waals surface area (Å²) in [6.45, 7) is 0.444. The van der Waals surface area contributed by atoms with E-state index in [2.05, 4.69) is 20.9 Å². The summed E-state index contributed by atoms with van der Waals surface area (Å²) in [5, 5.41) is 6.89. The molecule has 88 valence electrons. The summed E-state index contributed by atoms with van der Waals surface area (Å²) in [7, 11) is 0. The molecule has 0 atom stereocenters. The predicted octanol–water partition coefficient (Wildman–Crippen LogP) is 0.526. The second kappa shape index (κ2) is 5.50. The van der Waals surface area contributed by atoms with Gasteiger partial charge in [0.15, 0.2) is 5.76 Å². The molecule has 0 aliphatic heterocycles. The van der Waals surface area contributed by atoms with Crippen LogP contribution in [0.1, 0.15) is 31.4 Å². The van der Waals surface area contributed by atoms with Crippen molar-refractivity contribution in [3.8, 4) is 0 Å². The third-order valence-corrected chi connectivity index (χ3v) is 2.72. The highest BCUT2D eigenvalue weighted by Crippen LogP contribution is 2.17. The number of hydrogen-bond acceptors (Lipinski definition) is 4. The van der Waals surface area contributed by atoms with Crippen LogP contribution in [-0.4, -0.2) is 17.2 Å². The summed E-state index contributed by atoms with van der Waals surface area (Å²) in [4.78, 5) is 4.28. The van der Waals surface area contributed by atoms with Crippen LogP contribution in [0.2, 0.25) is 0 Å². The number of nitrogens with one attached hydrogen (secondary N) is 2. The van der Waals surface area contributed by atoms with Gasteiger partial charge in [0.2, 0.25) is 5.96 Å². The number of aromatic nitrogens is 1. The Morgan fingerprint density at radius 1 is 1.56 bits per heavy atom. The van der Waals surface area contributed by atoms with E-state index >= 15 is 0 Å². The maximum Gasteiger partial charge on any atom is 0.206 e. The van der Waals surface area contributed by atoms with E-state index in [0.29, 0.717) is 18.5 Å². The highest BCUT2D eigenvalue weighted by Gasteiger charge is 2.15. The van der Waals surface area contributed by atoms with Gasteiger partial charge in [0.1, 0.15) is 6.54 Å². The third kappa shape index (κ3) is 2.96. The van der Waals surface area contributed by atoms with E-state index in [1.807, 2.05) is 0 Å². The lowest BCUT2D eigenvalue weighted by atomic mass is 10.2. The maximum atomic E-state index is 5.40. The van der Waals surface area contributed by atoms with Crippen molar-refractivity contribution in [1.29, 1.82) is 0 Å². The van der Waals surface area contributed by atoms with Crippen LogP contribution in [0.5, 0.6) is 0 Å². The molecule has 6 heteroatoms. The number of hydrazine groups is 1. The Morgan fingerprint density at radius 2 is 2.38 bits per heavy atom. The van der Waals surface area contributed by atoms with Crippen LogP contribution in [0.15, 0.2) is 21.8 Å². The Balaban J connectivity index is 1.85. The molecule has 1 aliphatic carbocycles. The summed E-state index contributed by atoms with van der Waals surface area (Å²) in [5.41, 5.74) is 2.57. The van der Waals surface area contributed by atoms with Crippen LogP contribution in [0.25, 0.3) is 0 Å². The van der Waals surface area contributed by atoms with Crippen LogP contribution < -0.4 is 16.6 Å². The van der Waals surface area contributed by atoms with Gasteiger partial charge in [-0.1, -0.05) is 18.0 Å². The summed E-state index contributed by atoms with van der Waals surface area (Å²) in [5.74, 6) is 6.74. The second-order valence-electron chi connectivity index (χ2n) is 3.91. The molecule has 0 unspecified atom stereocenters. The number of aliphatic imine (C=N–C) groups is 1. The minimum absolute atomic E-state index is 0.444. The number of guanidine groups is 1. The molecule has 4 N–H and O–H groups in total. The first-order valence-electron chi connectivity index (χ1n) is 5.55. The molecule has 0 amide bonds. The molecule has 1 aliphatic rings. The SMILES string of the molecule is NNC(=NCc1ccno1)NC1CCCC1. The molecule has 1 heterocycles. The van der Waals surface area contributed by atoms with Crippen molar-refractivity contribution in [3.63, 3.8) is 0 Å². The van der Waals surface area contributed by atoms with E-state index in [0.717, 1.165) is 5.76 Å². The van der Waals surface area contributed by atoms with Gasteiger partial charge in [0.25, 0.3) is 0 Å². The maximum absolute atomic E-state index is 5.40. The van der Waals surface area contributed by atoms with Crippen LogP contribution in [0.4, 0.5) is 0 Å². The van der Waals surface area contributed by atoms with E-state index in [1.165, 1.54) is 25.7 Å². The Labute approximate surface area is 94.3 Å². The molecule has 16 heavy (non-hydrogen) atoms. The molecule has 0 aromatic carbocycles. The van der Waals surface area contributed by atoms with Crippen molar-refractivity contribution in [2.45, 2.75) is 38.3 Å². The number of hydrogen-bond donors (Lipinski definition) is 3. The van der Waals surface area contributed by atoms with Gasteiger partial charge in [0.05, 0.1) is 6.20 Å². The van der Waals surface area contributed by atoms with Crippen molar-refractivity contribution < 1.29 is 4.52 Å². The average molecular weight is 223 g/mol. The minimum Gasteiger partial charge on any atom is -0.359 e. The number of nitrogens with zero attached hydrogens (tertiary/aromatic N) is 2. The minimum atomic E-state index is 0.444. The van der Waals surface area contributed by atoms with Crippen molar-refractivity contribution in [1.82, 2.24) is 15.9 Å². The molecular weight excluding hydrogens is 206 g/mol. The fraction of sp³-hybridized carbons (Fsp3) is 0.600. The molecule has 0 saturated heterocycles. The van der Waals surface area contributed by atoms with Gasteiger partial charge in [-0.05, 0) is 12.8 Å². The first kappa shape index (κ1) is 10.9. The van der Waals surface area contributed by atoms with Crippen molar-refractivity contribution >= 4 is 5.96 Å². The third-order valence-electron chi connectivity index (χ3n) is 2.72. The first-order valence-corrected chi connectivity index (χ1v) is 5.55. The molecule has 1 aromatic rings. The Kier molecular flexibility index (Phi) is 3.76. The summed E-state index contributed by atoms with van der Waals surface area (Å²) in [6.07, 6.45) is 6.52. The van der Waals surface area contributed by atoms with Crippen molar-refractivity contribution in [2.24, 2.45) is 10.8 Å². The monoisotopic (exact) mass is 223 g/mol. The van der Waals surface area contributed by atoms with Crippen molar-refractivity contribution in [3.05, 3.63) is 18.0 Å². The van der Waals surface area contributed by atoms with Crippen LogP contribution in [0, 0.1) is 0 Å². The van der Waals surface area contributed by atoms with Crippen LogP contribution >= 0.6 is 0 Å². The van der Waals surface area contributed by atoms with Gasteiger partial charge < -0.3 is 9.84 Å². The zero-order valence-electron chi connectivity index (χ0n) is 9.15. The smallest absolute Gasteiger partial charge is 0.206 e. The zero-order valence-corrected chi connectivity index (χ0v) is 9.15. The molecular formula is C10H17N5O. The molecule has 1 aromatic heterocycles. The fourth-order valence-electron chi connectivity index (χ4n) is 1.88. The van der Waals surface area contributed by atoms with E-state index in [4.69, 9.17) is 10.4 Å². The van der Waals surface area contributed by atoms with E-state index < -0.39 is 0 Å². The molecule has 0 radical (unpaired) electrons. The standard InChI is InChI=1S/C10H17N5O/c11-15-10(14-8-3-1-2-4-8)12-7-9-5-6-13-16-9/h5-6,8H,1-4,7,11H2,(H2,12,14,15). The van der Waals surface area contributed by atoms with Gasteiger partial charge in [-0.2, -0.15) is 0 Å². The van der Waals surface area contributed by atoms with Gasteiger partial charge in [-0.15, -0.1) is 0 Å². The Bertz CT molecular complexity index is 329. The van der Waals surface area contributed by atoms with E-state index in [9.17, 15) is 0 Å². The Hall–Kier alpha value is -1.56. The topological polar surface area (TPSA) is 88.5 Å². The average Bonchev–Trinajstić information content (AvgIpc) is 2.97. The van der Waals surface area contributed by atoms with Crippen molar-refractivity contribution in [2.75, 3.05) is 0 Å². The summed E-state index contributed by atoms with van der Waals surface area (Å²) < 4.78 is 4.94. The number of rotatable bonds is 3. The number of nitrogens with two attached hydrogens (primary N) is 1. The largest absolute Gasteiger partial charge is 0.359 e. The Morgan fingerprint density at radius 3 is 3.00 bits per heavy atom. The normalized spacial score (nSPS) is 17.7. The molecule has 0 bridgehead atoms. The lowest BCUT2D eigenvalue weighted by molar-refractivity contribution is 0.385. The first-order chi connectivity index (χ1) is 7.88. The lowest BCUT2D eigenvalue weighted by Gasteiger charge is -2.14. The fourth-order valence-corrected chi connectivity index (χ4v) is 1.88. The van der Waals surface area contributed by atoms with Crippen LogP contribution in [-0.2, 0) is 6.54 Å². The van der Waals surface area contributed by atoms with Gasteiger partial charge >= 0.3 is 0 Å². The molecule has 0 spiro atoms. The van der Waals surface area contributed by atoms with Crippen LogP contribution in [0.3, 0.4) is 0 Å². The highest BCUT2D eigenvalue weighted by molar-refractivity contribution is 5.79. The predicted molar refractivity (Wildman–Crippen MR) is 60.4 cm³/mol. The molecule has 6 nitrogen and oxygen atoms in total. The molecule has 1 fully saturated rings. The van der Waals surface area contributed by atoms with E-state index in [-0.39, 0.29) is 0 Å². The van der Waals surface area contributed by atoms with Gasteiger partial charge in [0, 0.05) is 12.1 Å². The quantitative estimate of drug-likeness (QED) is 0.301. The molecule has 2 rings (SSSR count). The summed E-state index contributed by atoms with van der Waals surface area (Å²) in [6, 6.07) is 2.28. The molecule has 1 saturated carbocycles. The highest BCUT2D eigenvalue weighted by atomic mass is 16.5. The van der Waals surface area contributed by atoms with Gasteiger partial charge in [-0.25, -0.2) is 10.8 Å².